The second-order valence-electron chi connectivity index (χ2n) is 7.66. The number of carbonyl (C=O) groups is 1. The van der Waals surface area contributed by atoms with Gasteiger partial charge in [-0.05, 0) is 52.6 Å². The molecule has 0 aliphatic rings. The van der Waals surface area contributed by atoms with Gasteiger partial charge < -0.3 is 20.6 Å². The van der Waals surface area contributed by atoms with Gasteiger partial charge in [-0.3, -0.25) is 4.79 Å². The predicted octanol–water partition coefficient (Wildman–Crippen LogP) is 5.52. The Bertz CT molecular complexity index is 1310. The largest absolute Gasteiger partial charge is 0.489 e. The molecule has 3 aromatic carbocycles. The van der Waals surface area contributed by atoms with Crippen molar-refractivity contribution in [2.24, 2.45) is 5.73 Å². The normalized spacial score (nSPS) is 11.6. The Hall–Kier alpha value is -3.78. The van der Waals surface area contributed by atoms with Crippen LogP contribution in [0.15, 0.2) is 66.7 Å². The van der Waals surface area contributed by atoms with Gasteiger partial charge in [-0.25, -0.2) is 0 Å². The number of aliphatic carboxylic acids is 1. The molecule has 0 aliphatic carbocycles. The van der Waals surface area contributed by atoms with E-state index in [1.54, 1.807) is 36.4 Å². The number of aromatic amines is 1. The summed E-state index contributed by atoms with van der Waals surface area (Å²) in [5.41, 5.74) is 8.60. The van der Waals surface area contributed by atoms with Gasteiger partial charge in [0.25, 0.3) is 0 Å². The number of fused-ring (bicyclic) bond motifs is 1. The van der Waals surface area contributed by atoms with Crippen LogP contribution in [0.3, 0.4) is 0 Å². The van der Waals surface area contributed by atoms with Crippen LogP contribution in [0.4, 0.5) is 13.2 Å². The van der Waals surface area contributed by atoms with E-state index in [0.717, 1.165) is 17.2 Å². The number of benzene rings is 3. The summed E-state index contributed by atoms with van der Waals surface area (Å²) in [6.45, 7) is 0.359. The number of H-pyrrole nitrogens is 1. The van der Waals surface area contributed by atoms with Crippen molar-refractivity contribution in [1.29, 1.82) is 0 Å². The molecule has 0 bridgehead atoms. The highest BCUT2D eigenvalue weighted by Gasteiger charge is 2.33. The van der Waals surface area contributed by atoms with E-state index in [1.165, 1.54) is 0 Å². The summed E-state index contributed by atoms with van der Waals surface area (Å²) < 4.78 is 46.0. The molecule has 0 spiro atoms. The third kappa shape index (κ3) is 5.01. The van der Waals surface area contributed by atoms with Crippen LogP contribution < -0.4 is 10.5 Å². The molecular formula is C25H21F3N2O3. The first-order chi connectivity index (χ1) is 15.7. The fourth-order valence-corrected chi connectivity index (χ4v) is 3.75. The number of hydrogen-bond donors (Lipinski definition) is 3. The third-order valence-corrected chi connectivity index (χ3v) is 5.29. The van der Waals surface area contributed by atoms with Gasteiger partial charge >= 0.3 is 12.1 Å². The smallest absolute Gasteiger partial charge is 0.431 e. The van der Waals surface area contributed by atoms with Crippen molar-refractivity contribution in [2.75, 3.05) is 0 Å². The van der Waals surface area contributed by atoms with Crippen LogP contribution in [0, 0.1) is 0 Å². The molecule has 0 radical (unpaired) electrons. The van der Waals surface area contributed by atoms with Crippen molar-refractivity contribution in [3.05, 3.63) is 89.1 Å². The van der Waals surface area contributed by atoms with Crippen molar-refractivity contribution >= 4 is 16.9 Å². The summed E-state index contributed by atoms with van der Waals surface area (Å²) in [6, 6.07) is 18.6. The molecule has 0 amide bonds. The quantitative estimate of drug-likeness (QED) is 0.343. The average Bonchev–Trinajstić information content (AvgIpc) is 3.22. The maximum absolute atomic E-state index is 13.4. The lowest BCUT2D eigenvalue weighted by Crippen LogP contribution is -2.04. The van der Waals surface area contributed by atoms with Crippen LogP contribution in [0.2, 0.25) is 0 Å². The van der Waals surface area contributed by atoms with Gasteiger partial charge in [0.05, 0.1) is 6.42 Å². The molecule has 5 nitrogen and oxygen atoms in total. The van der Waals surface area contributed by atoms with Crippen molar-refractivity contribution in [1.82, 2.24) is 4.98 Å². The lowest BCUT2D eigenvalue weighted by Gasteiger charge is -2.13. The van der Waals surface area contributed by atoms with Gasteiger partial charge in [0.15, 0.2) is 0 Å². The highest BCUT2D eigenvalue weighted by Crippen LogP contribution is 2.36. The second-order valence-corrected chi connectivity index (χ2v) is 7.66. The number of para-hydroxylation sites is 1. The monoisotopic (exact) mass is 454 g/mol. The summed E-state index contributed by atoms with van der Waals surface area (Å²) in [6.07, 6.45) is -4.71. The van der Waals surface area contributed by atoms with Gasteiger partial charge in [0, 0.05) is 23.0 Å². The van der Waals surface area contributed by atoms with Crippen molar-refractivity contribution in [3.8, 4) is 16.9 Å². The molecule has 0 aliphatic heterocycles. The zero-order valence-electron chi connectivity index (χ0n) is 17.4. The Morgan fingerprint density at radius 3 is 2.52 bits per heavy atom. The van der Waals surface area contributed by atoms with Crippen molar-refractivity contribution in [3.63, 3.8) is 0 Å². The summed E-state index contributed by atoms with van der Waals surface area (Å²) >= 11 is 0. The molecule has 4 rings (SSSR count). The molecule has 4 aromatic rings. The number of nitrogens with one attached hydrogen (secondary N) is 1. The molecule has 1 heterocycles. The molecule has 1 aromatic heterocycles. The van der Waals surface area contributed by atoms with E-state index < -0.39 is 17.8 Å². The molecular weight excluding hydrogens is 433 g/mol. The maximum Gasteiger partial charge on any atom is 0.431 e. The van der Waals surface area contributed by atoms with Crippen molar-refractivity contribution < 1.29 is 27.8 Å². The van der Waals surface area contributed by atoms with Crippen LogP contribution in [0.1, 0.15) is 22.4 Å². The molecule has 0 atom stereocenters. The minimum atomic E-state index is -4.51. The lowest BCUT2D eigenvalue weighted by molar-refractivity contribution is -0.140. The molecule has 0 saturated carbocycles. The second kappa shape index (κ2) is 8.99. The zero-order chi connectivity index (χ0) is 23.6. The summed E-state index contributed by atoms with van der Waals surface area (Å²) in [5, 5.41) is 9.54. The molecule has 0 saturated heterocycles. The molecule has 4 N–H and O–H groups in total. The van der Waals surface area contributed by atoms with Crippen LogP contribution >= 0.6 is 0 Å². The Labute approximate surface area is 187 Å². The van der Waals surface area contributed by atoms with Crippen LogP contribution in [0.25, 0.3) is 22.0 Å². The standard InChI is InChI=1S/C25H21F3N2O3/c26-25(27,28)23-12-20-19(17-6-3-4-15(8-17)13-29)9-16(10-21(20)30-23)14-33-22-7-2-1-5-18(22)11-24(31)32/h1-10,12,30H,11,13-14,29H2,(H,31,32). The Morgan fingerprint density at radius 1 is 1.00 bits per heavy atom. The number of rotatable bonds is 7. The van der Waals surface area contributed by atoms with E-state index >= 15 is 0 Å². The minimum Gasteiger partial charge on any atom is -0.489 e. The van der Waals surface area contributed by atoms with E-state index in [9.17, 15) is 18.0 Å². The van der Waals surface area contributed by atoms with Crippen molar-refractivity contribution in [2.45, 2.75) is 25.7 Å². The highest BCUT2D eigenvalue weighted by molar-refractivity contribution is 5.96. The van der Waals surface area contributed by atoms with Crippen LogP contribution in [-0.4, -0.2) is 16.1 Å². The lowest BCUT2D eigenvalue weighted by atomic mass is 9.97. The first-order valence-electron chi connectivity index (χ1n) is 10.2. The van der Waals surface area contributed by atoms with E-state index in [1.807, 2.05) is 24.3 Å². The van der Waals surface area contributed by atoms with Gasteiger partial charge in [-0.2, -0.15) is 13.2 Å². The topological polar surface area (TPSA) is 88.3 Å². The zero-order valence-corrected chi connectivity index (χ0v) is 17.4. The molecule has 170 valence electrons. The van der Waals surface area contributed by atoms with E-state index in [0.29, 0.717) is 39.9 Å². The summed E-state index contributed by atoms with van der Waals surface area (Å²) in [5.74, 6) is -0.574. The first kappa shape index (κ1) is 22.4. The average molecular weight is 454 g/mol. The van der Waals surface area contributed by atoms with Crippen LogP contribution in [0.5, 0.6) is 5.75 Å². The number of halogens is 3. The molecule has 33 heavy (non-hydrogen) atoms. The van der Waals surface area contributed by atoms with Gasteiger partial charge in [0.1, 0.15) is 18.1 Å². The fourth-order valence-electron chi connectivity index (χ4n) is 3.75. The van der Waals surface area contributed by atoms with E-state index in [-0.39, 0.29) is 13.0 Å². The van der Waals surface area contributed by atoms with Gasteiger partial charge in [-0.1, -0.05) is 36.4 Å². The van der Waals surface area contributed by atoms with Gasteiger partial charge in [0.2, 0.25) is 0 Å². The Kier molecular flexibility index (Phi) is 6.11. The SMILES string of the molecule is NCc1cccc(-c2cc(COc3ccccc3CC(=O)O)cc3[nH]c(C(F)(F)F)cc23)c1. The number of nitrogens with two attached hydrogens (primary N) is 1. The van der Waals surface area contributed by atoms with Gasteiger partial charge in [-0.15, -0.1) is 0 Å². The number of hydrogen-bond acceptors (Lipinski definition) is 3. The number of carboxylic acid groups (broad SMARTS) is 1. The minimum absolute atomic E-state index is 0.0521. The number of ether oxygens (including phenoxy) is 1. The molecule has 0 fully saturated rings. The number of aromatic nitrogens is 1. The number of alkyl halides is 3. The predicted molar refractivity (Wildman–Crippen MR) is 119 cm³/mol. The Morgan fingerprint density at radius 2 is 1.79 bits per heavy atom. The molecule has 8 heteroatoms. The van der Waals surface area contributed by atoms with E-state index in [2.05, 4.69) is 4.98 Å². The summed E-state index contributed by atoms with van der Waals surface area (Å²) in [7, 11) is 0. The third-order valence-electron chi connectivity index (χ3n) is 5.29. The maximum atomic E-state index is 13.4. The summed E-state index contributed by atoms with van der Waals surface area (Å²) in [4.78, 5) is 13.6. The number of carboxylic acids is 1. The fraction of sp³-hybridized carbons (Fsp3) is 0.160. The first-order valence-corrected chi connectivity index (χ1v) is 10.2. The Balaban J connectivity index is 1.76. The highest BCUT2D eigenvalue weighted by atomic mass is 19.4. The molecule has 0 unspecified atom stereocenters. The van der Waals surface area contributed by atoms with Crippen LogP contribution in [-0.2, 0) is 30.5 Å². The van der Waals surface area contributed by atoms with E-state index in [4.69, 9.17) is 15.6 Å².